The number of ketones is 1. The average Bonchev–Trinajstić information content (AvgIpc) is 2.92. The maximum atomic E-state index is 12.9. The van der Waals surface area contributed by atoms with Gasteiger partial charge in [0.1, 0.15) is 5.78 Å². The molecular weight excluding hydrogens is 446 g/mol. The molecule has 1 heterocycles. The largest absolute Gasteiger partial charge is 0.490 e. The van der Waals surface area contributed by atoms with Crippen LogP contribution in [0, 0.1) is 15.5 Å². The number of benzene rings is 3. The van der Waals surface area contributed by atoms with Crippen molar-refractivity contribution in [2.75, 3.05) is 17.7 Å². The fourth-order valence-electron chi connectivity index (χ4n) is 4.16. The van der Waals surface area contributed by atoms with Crippen LogP contribution in [0.3, 0.4) is 0 Å². The van der Waals surface area contributed by atoms with Crippen molar-refractivity contribution in [3.8, 4) is 16.9 Å². The molecule has 180 valence electrons. The molecule has 1 amide bonds. The van der Waals surface area contributed by atoms with Gasteiger partial charge in [0.25, 0.3) is 5.91 Å². The maximum absolute atomic E-state index is 12.9. The van der Waals surface area contributed by atoms with Crippen LogP contribution in [0.1, 0.15) is 43.1 Å². The van der Waals surface area contributed by atoms with Crippen LogP contribution in [-0.4, -0.2) is 23.7 Å². The molecule has 0 radical (unpaired) electrons. The van der Waals surface area contributed by atoms with E-state index in [0.717, 1.165) is 16.7 Å². The van der Waals surface area contributed by atoms with Crippen molar-refractivity contribution in [1.29, 1.82) is 0 Å². The van der Waals surface area contributed by atoms with Gasteiger partial charge in [0.05, 0.1) is 34.7 Å². The van der Waals surface area contributed by atoms with Gasteiger partial charge in [-0.15, -0.1) is 0 Å². The second-order valence-electron chi connectivity index (χ2n) is 9.82. The Morgan fingerprint density at radius 1 is 0.943 bits per heavy atom. The molecule has 2 N–H and O–H groups in total. The topological polar surface area (TPSA) is 111 Å². The zero-order chi connectivity index (χ0) is 25.3. The number of nitro groups is 1. The third-order valence-corrected chi connectivity index (χ3v) is 5.70. The Hall–Kier alpha value is -4.20. The third-order valence-electron chi connectivity index (χ3n) is 5.70. The van der Waals surface area contributed by atoms with Crippen LogP contribution < -0.4 is 15.4 Å². The molecule has 1 aliphatic rings. The highest BCUT2D eigenvalue weighted by atomic mass is 16.6. The molecule has 0 bridgehead atoms. The number of hydrogen-bond donors (Lipinski definition) is 2. The highest BCUT2D eigenvalue weighted by Crippen LogP contribution is 2.37. The van der Waals surface area contributed by atoms with Gasteiger partial charge >= 0.3 is 5.69 Å². The van der Waals surface area contributed by atoms with Gasteiger partial charge in [0.2, 0.25) is 0 Å². The summed E-state index contributed by atoms with van der Waals surface area (Å²) in [5.41, 5.74) is 4.51. The highest BCUT2D eigenvalue weighted by Gasteiger charge is 2.22. The van der Waals surface area contributed by atoms with E-state index in [-0.39, 0.29) is 28.5 Å². The Balaban J connectivity index is 1.63. The van der Waals surface area contributed by atoms with Gasteiger partial charge < -0.3 is 15.4 Å². The molecule has 8 heteroatoms. The fourth-order valence-corrected chi connectivity index (χ4v) is 4.16. The van der Waals surface area contributed by atoms with E-state index in [1.807, 2.05) is 45.0 Å². The van der Waals surface area contributed by atoms with E-state index < -0.39 is 4.92 Å². The first-order chi connectivity index (χ1) is 16.5. The Morgan fingerprint density at radius 3 is 2.34 bits per heavy atom. The van der Waals surface area contributed by atoms with Crippen LogP contribution in [0.15, 0.2) is 54.6 Å². The van der Waals surface area contributed by atoms with Crippen molar-refractivity contribution in [3.63, 3.8) is 0 Å². The van der Waals surface area contributed by atoms with Crippen LogP contribution in [0.2, 0.25) is 0 Å². The van der Waals surface area contributed by atoms with Crippen molar-refractivity contribution in [2.45, 2.75) is 33.6 Å². The summed E-state index contributed by atoms with van der Waals surface area (Å²) in [4.78, 5) is 36.1. The summed E-state index contributed by atoms with van der Waals surface area (Å²) < 4.78 is 5.18. The zero-order valence-corrected chi connectivity index (χ0v) is 20.1. The molecule has 0 saturated carbocycles. The Morgan fingerprint density at radius 2 is 1.66 bits per heavy atom. The molecule has 0 aliphatic carbocycles. The normalized spacial score (nSPS) is 12.5. The van der Waals surface area contributed by atoms with Gasteiger partial charge in [-0.25, -0.2) is 0 Å². The molecule has 0 unspecified atom stereocenters. The first-order valence-corrected chi connectivity index (χ1v) is 11.2. The number of anilines is 3. The lowest BCUT2D eigenvalue weighted by Crippen LogP contribution is -2.15. The number of carbonyl (C=O) groups excluding carboxylic acids is 2. The van der Waals surface area contributed by atoms with Crippen LogP contribution >= 0.6 is 0 Å². The molecule has 1 aliphatic heterocycles. The number of hydrogen-bond acceptors (Lipinski definition) is 6. The minimum absolute atomic E-state index is 0.0778. The Labute approximate surface area is 203 Å². The highest BCUT2D eigenvalue weighted by molar-refractivity contribution is 6.12. The minimum atomic E-state index is -0.493. The van der Waals surface area contributed by atoms with Gasteiger partial charge in [-0.2, -0.15) is 0 Å². The molecule has 8 nitrogen and oxygen atoms in total. The average molecular weight is 474 g/mol. The zero-order valence-electron chi connectivity index (χ0n) is 20.1. The van der Waals surface area contributed by atoms with Gasteiger partial charge in [-0.3, -0.25) is 19.7 Å². The quantitative estimate of drug-likeness (QED) is 0.329. The van der Waals surface area contributed by atoms with Crippen molar-refractivity contribution in [1.82, 2.24) is 0 Å². The lowest BCUT2D eigenvalue weighted by molar-refractivity contribution is -0.385. The fraction of sp³-hybridized carbons (Fsp3) is 0.259. The number of rotatable bonds is 6. The van der Waals surface area contributed by atoms with Crippen molar-refractivity contribution in [3.05, 3.63) is 75.8 Å². The van der Waals surface area contributed by atoms with Crippen molar-refractivity contribution >= 4 is 34.4 Å². The monoisotopic (exact) mass is 473 g/mol. The second-order valence-corrected chi connectivity index (χ2v) is 9.82. The van der Waals surface area contributed by atoms with Gasteiger partial charge in [0.15, 0.2) is 5.75 Å². The molecule has 0 aromatic heterocycles. The number of nitrogens with one attached hydrogen (secondary N) is 2. The minimum Gasteiger partial charge on any atom is -0.490 e. The number of methoxy groups -OCH3 is 1. The van der Waals surface area contributed by atoms with Crippen LogP contribution in [-0.2, 0) is 11.2 Å². The summed E-state index contributed by atoms with van der Waals surface area (Å²) in [6, 6.07) is 15.5. The van der Waals surface area contributed by atoms with E-state index in [9.17, 15) is 19.7 Å². The summed E-state index contributed by atoms with van der Waals surface area (Å²) in [5, 5.41) is 17.5. The summed E-state index contributed by atoms with van der Waals surface area (Å²) in [6.07, 6.45) is 0.788. The van der Waals surface area contributed by atoms with Crippen LogP contribution in [0.4, 0.5) is 22.7 Å². The predicted molar refractivity (Wildman–Crippen MR) is 136 cm³/mol. The number of fused-ring (bicyclic) bond motifs is 2. The van der Waals surface area contributed by atoms with Crippen LogP contribution in [0.5, 0.6) is 5.75 Å². The lowest BCUT2D eigenvalue weighted by Gasteiger charge is -2.17. The molecule has 35 heavy (non-hydrogen) atoms. The smallest absolute Gasteiger partial charge is 0.310 e. The molecule has 0 spiro atoms. The first-order valence-electron chi connectivity index (χ1n) is 11.2. The van der Waals surface area contributed by atoms with E-state index in [2.05, 4.69) is 10.6 Å². The number of nitrogens with zero attached hydrogens (tertiary/aromatic N) is 1. The second kappa shape index (κ2) is 9.21. The van der Waals surface area contributed by atoms with Gasteiger partial charge in [-0.1, -0.05) is 32.9 Å². The lowest BCUT2D eigenvalue weighted by atomic mass is 9.88. The number of Topliss-reactive ketones (excluding diaryl/α,β-unsaturated/α-hetero) is 1. The predicted octanol–water partition coefficient (Wildman–Crippen LogP) is 6.13. The summed E-state index contributed by atoms with van der Waals surface area (Å²) in [6.45, 7) is 6.10. The maximum Gasteiger partial charge on any atom is 0.310 e. The van der Waals surface area contributed by atoms with E-state index >= 15 is 0 Å². The number of ether oxygens (including phenoxy) is 1. The van der Waals surface area contributed by atoms with Gasteiger partial charge in [0, 0.05) is 18.9 Å². The molecule has 0 fully saturated rings. The number of nitro benzene ring substituents is 1. The number of amides is 1. The molecular formula is C27H27N3O5. The Kier molecular flexibility index (Phi) is 6.30. The molecule has 0 saturated heterocycles. The van der Waals surface area contributed by atoms with E-state index in [1.165, 1.54) is 13.2 Å². The molecule has 0 atom stereocenters. The SMILES string of the molecule is COc1cc(-c2ccc3c(c2)Nc2ccc(CC(=O)CC(C)(C)C)cc2NC3=O)ccc1[N+](=O)[O-]. The standard InChI is InChI=1S/C27H27N3O5/c1-27(2,3)15-19(31)11-16-5-9-21-23(12-16)29-26(32)20-8-6-17(13-22(20)28-21)18-7-10-24(30(33)34)25(14-18)35-4/h5-10,12-14,28H,11,15H2,1-4H3,(H,29,32). The molecule has 4 rings (SSSR count). The van der Waals surface area contributed by atoms with Crippen molar-refractivity contribution in [2.24, 2.45) is 5.41 Å². The summed E-state index contributed by atoms with van der Waals surface area (Å²) in [5.74, 6) is 0.0427. The molecule has 3 aromatic rings. The van der Waals surface area contributed by atoms with E-state index in [1.54, 1.807) is 24.3 Å². The van der Waals surface area contributed by atoms with Gasteiger partial charge in [-0.05, 0) is 58.5 Å². The van der Waals surface area contributed by atoms with E-state index in [0.29, 0.717) is 35.5 Å². The van der Waals surface area contributed by atoms with Crippen LogP contribution in [0.25, 0.3) is 11.1 Å². The van der Waals surface area contributed by atoms with Crippen molar-refractivity contribution < 1.29 is 19.2 Å². The third kappa shape index (κ3) is 5.32. The van der Waals surface area contributed by atoms with E-state index in [4.69, 9.17) is 4.74 Å². The number of carbonyl (C=O) groups is 2. The Bertz CT molecular complexity index is 1340. The summed E-state index contributed by atoms with van der Waals surface area (Å²) in [7, 11) is 1.39. The first kappa shape index (κ1) is 23.9. The summed E-state index contributed by atoms with van der Waals surface area (Å²) >= 11 is 0. The molecule has 3 aromatic carbocycles.